The molecule has 1 heterocycles. The molecule has 1 fully saturated rings. The van der Waals surface area contributed by atoms with Crippen LogP contribution in [0.5, 0.6) is 0 Å². The van der Waals surface area contributed by atoms with Gasteiger partial charge in [0.25, 0.3) is 0 Å². The van der Waals surface area contributed by atoms with Gasteiger partial charge in [-0.05, 0) is 34.3 Å². The van der Waals surface area contributed by atoms with Crippen LogP contribution in [0.1, 0.15) is 55.2 Å². The molecule has 0 nitrogen and oxygen atoms in total. The van der Waals surface area contributed by atoms with Crippen molar-refractivity contribution in [2.24, 2.45) is 5.92 Å². The van der Waals surface area contributed by atoms with Crippen LogP contribution < -0.4 is 0 Å². The summed E-state index contributed by atoms with van der Waals surface area (Å²) in [4.78, 5) is 1.20. The smallest absolute Gasteiger partial charge is 0.0887 e. The second kappa shape index (κ2) is 6.79. The topological polar surface area (TPSA) is 0 Å². The number of hydrogen-bond acceptors (Lipinski definition) is 1. The van der Waals surface area contributed by atoms with Crippen LogP contribution in [0.15, 0.2) is 9.85 Å². The molecule has 0 aromatic carbocycles. The van der Waals surface area contributed by atoms with Crippen molar-refractivity contribution >= 4 is 50.5 Å². The van der Waals surface area contributed by atoms with Crippen molar-refractivity contribution in [3.8, 4) is 0 Å². The van der Waals surface area contributed by atoms with E-state index in [9.17, 15) is 0 Å². The van der Waals surface area contributed by atoms with Crippen LogP contribution in [0.3, 0.4) is 0 Å². The SMILES string of the molecule is Clc1cc(C(Cl)CC2CCCCCC2)sc1Br. The Balaban J connectivity index is 1.93. The molecule has 96 valence electrons. The van der Waals surface area contributed by atoms with Crippen molar-refractivity contribution in [3.05, 3.63) is 19.8 Å². The molecule has 0 bridgehead atoms. The Labute approximate surface area is 126 Å². The van der Waals surface area contributed by atoms with Crippen LogP contribution in [-0.2, 0) is 0 Å². The molecule has 1 aliphatic rings. The summed E-state index contributed by atoms with van der Waals surface area (Å²) in [7, 11) is 0. The minimum atomic E-state index is 0.131. The molecule has 0 saturated heterocycles. The largest absolute Gasteiger partial charge is 0.130 e. The lowest BCUT2D eigenvalue weighted by Gasteiger charge is -2.16. The van der Waals surface area contributed by atoms with E-state index >= 15 is 0 Å². The number of hydrogen-bond donors (Lipinski definition) is 0. The highest BCUT2D eigenvalue weighted by Crippen LogP contribution is 2.41. The molecule has 0 spiro atoms. The Bertz CT molecular complexity index is 337. The normalized spacial score (nSPS) is 20.2. The van der Waals surface area contributed by atoms with Crippen LogP contribution in [0.25, 0.3) is 0 Å². The summed E-state index contributed by atoms with van der Waals surface area (Å²) < 4.78 is 1.00. The van der Waals surface area contributed by atoms with Gasteiger partial charge in [-0.3, -0.25) is 0 Å². The zero-order valence-electron chi connectivity index (χ0n) is 9.72. The minimum Gasteiger partial charge on any atom is -0.130 e. The predicted octanol–water partition coefficient (Wildman–Crippen LogP) is 6.80. The third-order valence-electron chi connectivity index (χ3n) is 3.49. The second-order valence-electron chi connectivity index (χ2n) is 4.83. The Morgan fingerprint density at radius 1 is 1.29 bits per heavy atom. The van der Waals surface area contributed by atoms with Gasteiger partial charge in [0.1, 0.15) is 0 Å². The van der Waals surface area contributed by atoms with E-state index < -0.39 is 0 Å². The number of alkyl halides is 1. The lowest BCUT2D eigenvalue weighted by molar-refractivity contribution is 0.424. The van der Waals surface area contributed by atoms with Gasteiger partial charge in [0.2, 0.25) is 0 Å². The highest BCUT2D eigenvalue weighted by atomic mass is 79.9. The molecule has 1 unspecified atom stereocenters. The Morgan fingerprint density at radius 2 is 1.94 bits per heavy atom. The van der Waals surface area contributed by atoms with Gasteiger partial charge in [-0.1, -0.05) is 50.1 Å². The summed E-state index contributed by atoms with van der Waals surface area (Å²) in [5, 5.41) is 0.920. The molecule has 17 heavy (non-hydrogen) atoms. The predicted molar refractivity (Wildman–Crippen MR) is 81.4 cm³/mol. The van der Waals surface area contributed by atoms with Crippen LogP contribution in [0.2, 0.25) is 5.02 Å². The van der Waals surface area contributed by atoms with Gasteiger partial charge in [-0.15, -0.1) is 22.9 Å². The summed E-state index contributed by atoms with van der Waals surface area (Å²) >= 11 is 17.7. The van der Waals surface area contributed by atoms with E-state index in [1.807, 2.05) is 6.07 Å². The van der Waals surface area contributed by atoms with Gasteiger partial charge in [0, 0.05) is 4.88 Å². The Kier molecular flexibility index (Phi) is 5.66. The third-order valence-corrected chi connectivity index (χ3v) is 6.62. The van der Waals surface area contributed by atoms with Crippen LogP contribution in [0.4, 0.5) is 0 Å². The molecule has 4 heteroatoms. The van der Waals surface area contributed by atoms with E-state index in [2.05, 4.69) is 15.9 Å². The van der Waals surface area contributed by atoms with Crippen molar-refractivity contribution in [2.45, 2.75) is 50.3 Å². The number of thiophene rings is 1. The van der Waals surface area contributed by atoms with Crippen molar-refractivity contribution in [1.82, 2.24) is 0 Å². The average Bonchev–Trinajstić information content (AvgIpc) is 2.54. The first-order valence-corrected chi connectivity index (χ1v) is 8.68. The lowest BCUT2D eigenvalue weighted by Crippen LogP contribution is -2.02. The summed E-state index contributed by atoms with van der Waals surface area (Å²) in [6.45, 7) is 0. The first kappa shape index (κ1) is 14.2. The standard InChI is InChI=1S/C13H17BrCl2S/c14-13-11(16)8-12(17-13)10(15)7-9-5-3-1-2-4-6-9/h8-10H,1-7H2. The van der Waals surface area contributed by atoms with Crippen LogP contribution in [0, 0.1) is 5.92 Å². The maximum atomic E-state index is 6.51. The maximum absolute atomic E-state index is 6.51. The van der Waals surface area contributed by atoms with Gasteiger partial charge in [-0.2, -0.15) is 0 Å². The quantitative estimate of drug-likeness (QED) is 0.412. The maximum Gasteiger partial charge on any atom is 0.0887 e. The lowest BCUT2D eigenvalue weighted by atomic mass is 9.94. The first-order valence-electron chi connectivity index (χ1n) is 6.25. The summed E-state index contributed by atoms with van der Waals surface area (Å²) in [5.41, 5.74) is 0. The molecule has 1 saturated carbocycles. The minimum absolute atomic E-state index is 0.131. The van der Waals surface area contributed by atoms with Gasteiger partial charge >= 0.3 is 0 Å². The van der Waals surface area contributed by atoms with E-state index in [1.54, 1.807) is 11.3 Å². The van der Waals surface area contributed by atoms with Crippen LogP contribution >= 0.6 is 50.5 Å². The zero-order chi connectivity index (χ0) is 12.3. The molecule has 2 rings (SSSR count). The molecule has 0 aliphatic heterocycles. The molecule has 0 N–H and O–H groups in total. The van der Waals surface area contributed by atoms with Gasteiger partial charge in [-0.25, -0.2) is 0 Å². The fourth-order valence-corrected chi connectivity index (χ4v) is 4.71. The molecule has 0 radical (unpaired) electrons. The summed E-state index contributed by atoms with van der Waals surface area (Å²) in [6.07, 6.45) is 9.36. The van der Waals surface area contributed by atoms with Crippen molar-refractivity contribution in [1.29, 1.82) is 0 Å². The molecular weight excluding hydrogens is 339 g/mol. The Morgan fingerprint density at radius 3 is 2.47 bits per heavy atom. The summed E-state index contributed by atoms with van der Waals surface area (Å²) in [5.74, 6) is 0.805. The first-order chi connectivity index (χ1) is 8.16. The molecule has 1 aliphatic carbocycles. The zero-order valence-corrected chi connectivity index (χ0v) is 13.6. The molecule has 0 amide bonds. The second-order valence-corrected chi connectivity index (χ2v) is 8.17. The van der Waals surface area contributed by atoms with Gasteiger partial charge < -0.3 is 0 Å². The molecule has 1 aromatic rings. The van der Waals surface area contributed by atoms with E-state index in [0.717, 1.165) is 21.1 Å². The molecular formula is C13H17BrCl2S. The van der Waals surface area contributed by atoms with Gasteiger partial charge in [0.15, 0.2) is 0 Å². The van der Waals surface area contributed by atoms with Crippen molar-refractivity contribution < 1.29 is 0 Å². The monoisotopic (exact) mass is 354 g/mol. The van der Waals surface area contributed by atoms with E-state index in [1.165, 1.54) is 43.4 Å². The van der Waals surface area contributed by atoms with E-state index in [4.69, 9.17) is 23.2 Å². The fourth-order valence-electron chi connectivity index (χ4n) is 2.53. The van der Waals surface area contributed by atoms with Crippen molar-refractivity contribution in [3.63, 3.8) is 0 Å². The summed E-state index contributed by atoms with van der Waals surface area (Å²) in [6, 6.07) is 2.00. The van der Waals surface area contributed by atoms with E-state index in [0.29, 0.717) is 0 Å². The number of halogens is 3. The average molecular weight is 356 g/mol. The highest BCUT2D eigenvalue weighted by Gasteiger charge is 2.20. The fraction of sp³-hybridized carbons (Fsp3) is 0.692. The van der Waals surface area contributed by atoms with E-state index in [-0.39, 0.29) is 5.38 Å². The highest BCUT2D eigenvalue weighted by molar-refractivity contribution is 9.11. The number of rotatable bonds is 3. The molecule has 1 atom stereocenters. The van der Waals surface area contributed by atoms with Crippen molar-refractivity contribution in [2.75, 3.05) is 0 Å². The Hall–Kier alpha value is 0.760. The third kappa shape index (κ3) is 4.12. The van der Waals surface area contributed by atoms with Gasteiger partial charge in [0.05, 0.1) is 14.2 Å². The van der Waals surface area contributed by atoms with Crippen LogP contribution in [-0.4, -0.2) is 0 Å². The molecule has 1 aromatic heterocycles.